The summed E-state index contributed by atoms with van der Waals surface area (Å²) < 4.78 is 17.0. The maximum Gasteiger partial charge on any atom is 0.263 e. The molecule has 25 heavy (non-hydrogen) atoms. The molecule has 3 rings (SSSR count). The summed E-state index contributed by atoms with van der Waals surface area (Å²) in [5, 5.41) is 8.07. The predicted molar refractivity (Wildman–Crippen MR) is 88.0 cm³/mol. The van der Waals surface area contributed by atoms with Crippen LogP contribution in [-0.4, -0.2) is 51.8 Å². The summed E-state index contributed by atoms with van der Waals surface area (Å²) in [6.07, 6.45) is 2.21. The Morgan fingerprint density at radius 1 is 1.36 bits per heavy atom. The van der Waals surface area contributed by atoms with E-state index in [4.69, 9.17) is 13.9 Å². The Kier molecular flexibility index (Phi) is 5.28. The van der Waals surface area contributed by atoms with Gasteiger partial charge in [-0.25, -0.2) is 0 Å². The molecule has 1 aliphatic heterocycles. The van der Waals surface area contributed by atoms with Crippen LogP contribution in [0.4, 0.5) is 0 Å². The molecule has 2 atom stereocenters. The number of ether oxygens (including phenoxy) is 2. The number of hydrogen-bond donors (Lipinski definition) is 0. The van der Waals surface area contributed by atoms with Gasteiger partial charge in [-0.05, 0) is 19.1 Å². The molecule has 1 fully saturated rings. The van der Waals surface area contributed by atoms with Crippen LogP contribution >= 0.6 is 0 Å². The summed E-state index contributed by atoms with van der Waals surface area (Å²) in [5.41, 5.74) is 0. The molecule has 0 N–H and O–H groups in total. The number of hydrogen-bond acceptors (Lipinski definition) is 7. The lowest BCUT2D eigenvalue weighted by molar-refractivity contribution is -0.146. The maximum absolute atomic E-state index is 12.7. The second-order valence-electron chi connectivity index (χ2n) is 6.23. The van der Waals surface area contributed by atoms with Crippen LogP contribution in [0, 0.1) is 0 Å². The van der Waals surface area contributed by atoms with E-state index >= 15 is 0 Å². The summed E-state index contributed by atoms with van der Waals surface area (Å²) in [4.78, 5) is 18.3. The highest BCUT2D eigenvalue weighted by Gasteiger charge is 2.32. The van der Waals surface area contributed by atoms with E-state index in [9.17, 15) is 4.79 Å². The number of aromatic nitrogens is 3. The van der Waals surface area contributed by atoms with Crippen molar-refractivity contribution in [2.24, 2.45) is 0 Å². The van der Waals surface area contributed by atoms with Crippen LogP contribution in [0.25, 0.3) is 0 Å². The van der Waals surface area contributed by atoms with Gasteiger partial charge in [-0.2, -0.15) is 0 Å². The number of nitrogens with zero attached hydrogens (tertiary/aromatic N) is 4. The van der Waals surface area contributed by atoms with E-state index in [0.29, 0.717) is 37.2 Å². The zero-order chi connectivity index (χ0) is 17.8. The maximum atomic E-state index is 12.7. The largest absolute Gasteiger partial charge is 0.479 e. The Morgan fingerprint density at radius 2 is 2.20 bits per heavy atom. The lowest BCUT2D eigenvalue weighted by Gasteiger charge is -2.32. The van der Waals surface area contributed by atoms with Gasteiger partial charge in [0, 0.05) is 18.7 Å². The number of morpholine rings is 1. The number of rotatable bonds is 5. The fourth-order valence-electron chi connectivity index (χ4n) is 2.54. The highest BCUT2D eigenvalue weighted by atomic mass is 16.5. The molecule has 0 radical (unpaired) electrons. The summed E-state index contributed by atoms with van der Waals surface area (Å²) in [6, 6.07) is 3.53. The van der Waals surface area contributed by atoms with Gasteiger partial charge in [0.05, 0.1) is 19.3 Å². The molecule has 0 spiro atoms. The third-order valence-corrected chi connectivity index (χ3v) is 3.90. The summed E-state index contributed by atoms with van der Waals surface area (Å²) >= 11 is 0. The van der Waals surface area contributed by atoms with E-state index < -0.39 is 12.2 Å². The minimum atomic E-state index is -0.614. The number of pyridine rings is 1. The Balaban J connectivity index is 1.62. The first kappa shape index (κ1) is 17.3. The molecule has 2 aromatic rings. The van der Waals surface area contributed by atoms with Crippen LogP contribution < -0.4 is 4.74 Å². The molecule has 1 saturated heterocycles. The molecule has 1 aliphatic rings. The van der Waals surface area contributed by atoms with Crippen molar-refractivity contribution in [3.8, 4) is 5.75 Å². The van der Waals surface area contributed by atoms with E-state index in [1.807, 2.05) is 13.8 Å². The molecule has 0 bridgehead atoms. The SMILES string of the molecule is CC(C)c1nnc([C@@H]2CN(C(=O)[C@H](C)Oc3cccnc3)CCO2)o1. The van der Waals surface area contributed by atoms with Crippen LogP contribution in [0.2, 0.25) is 0 Å². The molecule has 1 amide bonds. The number of carbonyl (C=O) groups excluding carboxylic acids is 1. The van der Waals surface area contributed by atoms with Gasteiger partial charge in [-0.3, -0.25) is 9.78 Å². The lowest BCUT2D eigenvalue weighted by atomic mass is 10.2. The average molecular weight is 346 g/mol. The van der Waals surface area contributed by atoms with Crippen LogP contribution in [0.1, 0.15) is 44.6 Å². The van der Waals surface area contributed by atoms with Crippen LogP contribution in [-0.2, 0) is 9.53 Å². The van der Waals surface area contributed by atoms with Gasteiger partial charge < -0.3 is 18.8 Å². The average Bonchev–Trinajstić information content (AvgIpc) is 3.12. The molecule has 0 saturated carbocycles. The van der Waals surface area contributed by atoms with Gasteiger partial charge in [0.25, 0.3) is 5.91 Å². The molecular formula is C17H22N4O4. The molecule has 3 heterocycles. The zero-order valence-electron chi connectivity index (χ0n) is 14.6. The molecular weight excluding hydrogens is 324 g/mol. The third-order valence-electron chi connectivity index (χ3n) is 3.90. The number of carbonyl (C=O) groups is 1. The monoisotopic (exact) mass is 346 g/mol. The van der Waals surface area contributed by atoms with Gasteiger partial charge in [-0.1, -0.05) is 13.8 Å². The minimum absolute atomic E-state index is 0.110. The molecule has 134 valence electrons. The van der Waals surface area contributed by atoms with Crippen LogP contribution in [0.3, 0.4) is 0 Å². The fraction of sp³-hybridized carbons (Fsp3) is 0.529. The first-order chi connectivity index (χ1) is 12.0. The van der Waals surface area contributed by atoms with Crippen molar-refractivity contribution in [3.63, 3.8) is 0 Å². The summed E-state index contributed by atoms with van der Waals surface area (Å²) in [7, 11) is 0. The highest BCUT2D eigenvalue weighted by molar-refractivity contribution is 5.81. The molecule has 0 unspecified atom stereocenters. The van der Waals surface area contributed by atoms with Gasteiger partial charge in [0.15, 0.2) is 12.2 Å². The first-order valence-electron chi connectivity index (χ1n) is 8.35. The Bertz CT molecular complexity index is 704. The van der Waals surface area contributed by atoms with Gasteiger partial charge in [-0.15, -0.1) is 10.2 Å². The van der Waals surface area contributed by atoms with Crippen molar-refractivity contribution in [2.75, 3.05) is 19.7 Å². The van der Waals surface area contributed by atoms with E-state index in [-0.39, 0.29) is 11.8 Å². The fourth-order valence-corrected chi connectivity index (χ4v) is 2.54. The van der Waals surface area contributed by atoms with Crippen molar-refractivity contribution in [1.82, 2.24) is 20.1 Å². The van der Waals surface area contributed by atoms with E-state index in [2.05, 4.69) is 15.2 Å². The summed E-state index contributed by atoms with van der Waals surface area (Å²) in [5.74, 6) is 1.57. The number of amides is 1. The van der Waals surface area contributed by atoms with Crippen LogP contribution in [0.5, 0.6) is 5.75 Å². The third kappa shape index (κ3) is 4.14. The quantitative estimate of drug-likeness (QED) is 0.817. The molecule has 2 aromatic heterocycles. The lowest BCUT2D eigenvalue weighted by Crippen LogP contribution is -2.47. The van der Waals surface area contributed by atoms with Gasteiger partial charge in [0.1, 0.15) is 5.75 Å². The normalized spacial score (nSPS) is 19.0. The molecule has 8 nitrogen and oxygen atoms in total. The van der Waals surface area contributed by atoms with Crippen LogP contribution in [0.15, 0.2) is 28.9 Å². The van der Waals surface area contributed by atoms with Gasteiger partial charge >= 0.3 is 0 Å². The summed E-state index contributed by atoms with van der Waals surface area (Å²) in [6.45, 7) is 6.96. The smallest absolute Gasteiger partial charge is 0.263 e. The second-order valence-corrected chi connectivity index (χ2v) is 6.23. The zero-order valence-corrected chi connectivity index (χ0v) is 14.6. The Labute approximate surface area is 146 Å². The molecule has 0 aliphatic carbocycles. The standard InChI is InChI=1S/C17H22N4O4/c1-11(2)15-19-20-16(25-15)14-10-21(7-8-23-14)17(22)12(3)24-13-5-4-6-18-9-13/h4-6,9,11-12,14H,7-8,10H2,1-3H3/t12-,14-/m0/s1. The Morgan fingerprint density at radius 3 is 2.88 bits per heavy atom. The van der Waals surface area contributed by atoms with Crippen molar-refractivity contribution in [2.45, 2.75) is 38.9 Å². The van der Waals surface area contributed by atoms with Crippen molar-refractivity contribution >= 4 is 5.91 Å². The highest BCUT2D eigenvalue weighted by Crippen LogP contribution is 2.24. The minimum Gasteiger partial charge on any atom is -0.479 e. The van der Waals surface area contributed by atoms with Crippen molar-refractivity contribution in [1.29, 1.82) is 0 Å². The first-order valence-corrected chi connectivity index (χ1v) is 8.35. The van der Waals surface area contributed by atoms with E-state index in [1.54, 1.807) is 36.4 Å². The topological polar surface area (TPSA) is 90.6 Å². The predicted octanol–water partition coefficient (Wildman–Crippen LogP) is 1.96. The van der Waals surface area contributed by atoms with E-state index in [0.717, 1.165) is 0 Å². The van der Waals surface area contributed by atoms with Crippen molar-refractivity contribution in [3.05, 3.63) is 36.3 Å². The van der Waals surface area contributed by atoms with E-state index in [1.165, 1.54) is 0 Å². The van der Waals surface area contributed by atoms with Gasteiger partial charge in [0.2, 0.25) is 11.8 Å². The second kappa shape index (κ2) is 7.60. The van der Waals surface area contributed by atoms with Crippen molar-refractivity contribution < 1.29 is 18.7 Å². The Hall–Kier alpha value is -2.48. The molecule has 8 heteroatoms. The molecule has 0 aromatic carbocycles.